The summed E-state index contributed by atoms with van der Waals surface area (Å²) in [4.78, 5) is 17.3. The van der Waals surface area contributed by atoms with Gasteiger partial charge in [0.25, 0.3) is 0 Å². The number of amides is 1. The highest BCUT2D eigenvalue weighted by Gasteiger charge is 2.23. The smallest absolute Gasteiger partial charge is 0.237 e. The van der Waals surface area contributed by atoms with Crippen molar-refractivity contribution in [2.45, 2.75) is 45.0 Å². The Kier molecular flexibility index (Phi) is 6.60. The summed E-state index contributed by atoms with van der Waals surface area (Å²) < 4.78 is 2.00. The summed E-state index contributed by atoms with van der Waals surface area (Å²) in [6.07, 6.45) is 3.50. The first-order valence-corrected chi connectivity index (χ1v) is 11.7. The molecule has 0 bridgehead atoms. The predicted octanol–water partition coefficient (Wildman–Crippen LogP) is 5.68. The van der Waals surface area contributed by atoms with Crippen LogP contribution in [0.4, 0.5) is 5.69 Å². The minimum Gasteiger partial charge on any atom is -0.325 e. The molecule has 0 aliphatic rings. The van der Waals surface area contributed by atoms with Crippen LogP contribution in [0.1, 0.15) is 29.2 Å². The number of thioether (sulfide) groups is 1. The van der Waals surface area contributed by atoms with Crippen LogP contribution >= 0.6 is 11.8 Å². The van der Waals surface area contributed by atoms with Crippen LogP contribution in [0.5, 0.6) is 0 Å². The van der Waals surface area contributed by atoms with E-state index in [0.717, 1.165) is 33.6 Å². The monoisotopic (exact) mass is 457 g/mol. The average molecular weight is 458 g/mol. The normalized spacial score (nSPS) is 11.9. The van der Waals surface area contributed by atoms with Crippen molar-refractivity contribution in [1.29, 1.82) is 0 Å². The number of hydrogen-bond donors (Lipinski definition) is 1. The van der Waals surface area contributed by atoms with E-state index in [-0.39, 0.29) is 11.2 Å². The lowest BCUT2D eigenvalue weighted by molar-refractivity contribution is -0.115. The number of benzene rings is 2. The van der Waals surface area contributed by atoms with Gasteiger partial charge in [0.1, 0.15) is 0 Å². The van der Waals surface area contributed by atoms with Gasteiger partial charge in [0, 0.05) is 23.6 Å². The van der Waals surface area contributed by atoms with Crippen LogP contribution in [0.25, 0.3) is 17.1 Å². The van der Waals surface area contributed by atoms with E-state index in [9.17, 15) is 4.79 Å². The van der Waals surface area contributed by atoms with E-state index in [2.05, 4.69) is 52.5 Å². The lowest BCUT2D eigenvalue weighted by Gasteiger charge is -2.17. The third-order valence-corrected chi connectivity index (χ3v) is 6.53. The zero-order valence-corrected chi connectivity index (χ0v) is 20.3. The summed E-state index contributed by atoms with van der Waals surface area (Å²) in [7, 11) is 0. The Bertz CT molecular complexity index is 1280. The number of para-hydroxylation sites is 1. The van der Waals surface area contributed by atoms with E-state index < -0.39 is 0 Å². The number of aromatic nitrogens is 4. The highest BCUT2D eigenvalue weighted by Crippen LogP contribution is 2.32. The quantitative estimate of drug-likeness (QED) is 0.377. The van der Waals surface area contributed by atoms with E-state index in [1.807, 2.05) is 55.7 Å². The predicted molar refractivity (Wildman–Crippen MR) is 134 cm³/mol. The lowest BCUT2D eigenvalue weighted by Crippen LogP contribution is -2.24. The minimum atomic E-state index is -0.376. The van der Waals surface area contributed by atoms with Crippen molar-refractivity contribution < 1.29 is 4.79 Å². The van der Waals surface area contributed by atoms with Crippen molar-refractivity contribution >= 4 is 23.4 Å². The lowest BCUT2D eigenvalue weighted by atomic mass is 10.1. The fourth-order valence-electron chi connectivity index (χ4n) is 3.87. The second-order valence-corrected chi connectivity index (χ2v) is 9.50. The second kappa shape index (κ2) is 9.58. The number of rotatable bonds is 6. The van der Waals surface area contributed by atoms with E-state index in [1.54, 1.807) is 12.4 Å². The zero-order valence-electron chi connectivity index (χ0n) is 19.5. The van der Waals surface area contributed by atoms with Crippen LogP contribution < -0.4 is 5.32 Å². The Hall–Kier alpha value is -3.45. The number of nitrogens with one attached hydrogen (secondary N) is 1. The van der Waals surface area contributed by atoms with Crippen molar-refractivity contribution in [1.82, 2.24) is 19.7 Å². The van der Waals surface area contributed by atoms with E-state index >= 15 is 0 Å². The van der Waals surface area contributed by atoms with Crippen molar-refractivity contribution in [3.05, 3.63) is 83.2 Å². The van der Waals surface area contributed by atoms with Gasteiger partial charge in [0.2, 0.25) is 5.91 Å². The van der Waals surface area contributed by atoms with Gasteiger partial charge in [-0.25, -0.2) is 0 Å². The SMILES string of the molecule is Cc1cc(C)c(NC(=O)C(C)Sc2nnc(-c3cccnc3)n2-c2ccccc2C)c(C)c1. The number of aryl methyl sites for hydroxylation is 4. The summed E-state index contributed by atoms with van der Waals surface area (Å²) in [6, 6.07) is 16.1. The van der Waals surface area contributed by atoms with Gasteiger partial charge in [0.05, 0.1) is 10.9 Å². The Morgan fingerprint density at radius 1 is 0.970 bits per heavy atom. The minimum absolute atomic E-state index is 0.0719. The number of carbonyl (C=O) groups is 1. The van der Waals surface area contributed by atoms with Crippen molar-refractivity contribution in [3.8, 4) is 17.1 Å². The molecule has 1 amide bonds. The molecule has 168 valence electrons. The number of pyridine rings is 1. The van der Waals surface area contributed by atoms with Gasteiger partial charge >= 0.3 is 0 Å². The molecular weight excluding hydrogens is 430 g/mol. The molecule has 2 heterocycles. The summed E-state index contributed by atoms with van der Waals surface area (Å²) in [5.41, 5.74) is 7.09. The molecule has 1 N–H and O–H groups in total. The highest BCUT2D eigenvalue weighted by atomic mass is 32.2. The summed E-state index contributed by atoms with van der Waals surface area (Å²) in [6.45, 7) is 10.0. The molecule has 0 radical (unpaired) electrons. The van der Waals surface area contributed by atoms with E-state index in [4.69, 9.17) is 0 Å². The molecule has 0 saturated heterocycles. The van der Waals surface area contributed by atoms with Crippen LogP contribution in [-0.4, -0.2) is 30.9 Å². The maximum absolute atomic E-state index is 13.1. The standard InChI is InChI=1S/C26H27N5OS/c1-16-13-18(3)23(19(4)14-16)28-25(32)20(5)33-26-30-29-24(21-10-8-12-27-15-21)31(26)22-11-7-6-9-17(22)2/h6-15,20H,1-5H3,(H,28,32). The molecule has 4 rings (SSSR count). The maximum atomic E-state index is 13.1. The van der Waals surface area contributed by atoms with Gasteiger partial charge in [0.15, 0.2) is 11.0 Å². The van der Waals surface area contributed by atoms with Gasteiger partial charge in [-0.15, -0.1) is 10.2 Å². The molecule has 0 aliphatic heterocycles. The first kappa shape index (κ1) is 22.7. The Morgan fingerprint density at radius 3 is 2.36 bits per heavy atom. The fraction of sp³-hybridized carbons (Fsp3) is 0.231. The number of carbonyl (C=O) groups excluding carboxylic acids is 1. The van der Waals surface area contributed by atoms with Crippen molar-refractivity contribution in [2.24, 2.45) is 0 Å². The van der Waals surface area contributed by atoms with Gasteiger partial charge in [-0.1, -0.05) is 47.7 Å². The first-order valence-electron chi connectivity index (χ1n) is 10.8. The Labute approximate surface area is 198 Å². The van der Waals surface area contributed by atoms with Gasteiger partial charge in [-0.05, 0) is 69.5 Å². The molecule has 7 heteroatoms. The molecule has 4 aromatic rings. The average Bonchev–Trinajstić information content (AvgIpc) is 3.20. The van der Waals surface area contributed by atoms with Crippen molar-refractivity contribution in [3.63, 3.8) is 0 Å². The fourth-order valence-corrected chi connectivity index (χ4v) is 4.73. The summed E-state index contributed by atoms with van der Waals surface area (Å²) in [5.74, 6) is 0.620. The largest absolute Gasteiger partial charge is 0.325 e. The molecule has 33 heavy (non-hydrogen) atoms. The molecule has 2 aromatic heterocycles. The maximum Gasteiger partial charge on any atom is 0.237 e. The third-order valence-electron chi connectivity index (χ3n) is 5.49. The molecule has 0 fully saturated rings. The topological polar surface area (TPSA) is 72.7 Å². The van der Waals surface area contributed by atoms with Crippen LogP contribution in [0.3, 0.4) is 0 Å². The number of hydrogen-bond acceptors (Lipinski definition) is 5. The molecule has 2 aromatic carbocycles. The highest BCUT2D eigenvalue weighted by molar-refractivity contribution is 8.00. The van der Waals surface area contributed by atoms with E-state index in [1.165, 1.54) is 17.3 Å². The van der Waals surface area contributed by atoms with Crippen LogP contribution in [-0.2, 0) is 4.79 Å². The molecule has 6 nitrogen and oxygen atoms in total. The Morgan fingerprint density at radius 2 is 1.70 bits per heavy atom. The number of anilines is 1. The van der Waals surface area contributed by atoms with E-state index in [0.29, 0.717) is 11.0 Å². The summed E-state index contributed by atoms with van der Waals surface area (Å²) >= 11 is 1.39. The first-order chi connectivity index (χ1) is 15.8. The van der Waals surface area contributed by atoms with Crippen LogP contribution in [0, 0.1) is 27.7 Å². The third kappa shape index (κ3) is 4.83. The van der Waals surface area contributed by atoms with Crippen LogP contribution in [0.15, 0.2) is 66.1 Å². The second-order valence-electron chi connectivity index (χ2n) is 8.19. The van der Waals surface area contributed by atoms with Gasteiger partial charge in [-0.2, -0.15) is 0 Å². The molecule has 0 saturated carbocycles. The molecule has 1 atom stereocenters. The summed E-state index contributed by atoms with van der Waals surface area (Å²) in [5, 5.41) is 12.3. The van der Waals surface area contributed by atoms with Crippen molar-refractivity contribution in [2.75, 3.05) is 5.32 Å². The van der Waals surface area contributed by atoms with Gasteiger partial charge in [-0.3, -0.25) is 14.3 Å². The molecule has 1 unspecified atom stereocenters. The molecule has 0 spiro atoms. The Balaban J connectivity index is 1.66. The molecular formula is C26H27N5OS. The van der Waals surface area contributed by atoms with Gasteiger partial charge < -0.3 is 5.32 Å². The van der Waals surface area contributed by atoms with Crippen LogP contribution in [0.2, 0.25) is 0 Å². The number of nitrogens with zero attached hydrogens (tertiary/aromatic N) is 4. The zero-order chi connectivity index (χ0) is 23.5. The molecule has 0 aliphatic carbocycles.